The van der Waals surface area contributed by atoms with Crippen molar-refractivity contribution in [3.05, 3.63) is 59.5 Å². The molecule has 0 bridgehead atoms. The molecule has 1 aromatic heterocycles. The van der Waals surface area contributed by atoms with E-state index in [1.54, 1.807) is 38.4 Å². The normalized spacial score (nSPS) is 14.3. The highest BCUT2D eigenvalue weighted by Crippen LogP contribution is 2.35. The summed E-state index contributed by atoms with van der Waals surface area (Å²) in [4.78, 5) is 13.6. The zero-order valence-corrected chi connectivity index (χ0v) is 20.8. The first-order valence-electron chi connectivity index (χ1n) is 11.5. The first-order chi connectivity index (χ1) is 16.4. The lowest BCUT2D eigenvalue weighted by atomic mass is 10.0. The summed E-state index contributed by atoms with van der Waals surface area (Å²) in [5, 5.41) is 3.87. The van der Waals surface area contributed by atoms with Gasteiger partial charge in [0.2, 0.25) is 0 Å². The molecule has 1 aromatic carbocycles. The van der Waals surface area contributed by atoms with Gasteiger partial charge in [-0.3, -0.25) is 0 Å². The number of allylic oxidation sites excluding steroid dienone is 4. The lowest BCUT2D eigenvalue weighted by Gasteiger charge is -2.24. The fraction of sp³-hybridized carbons (Fsp3) is 0.462. The van der Waals surface area contributed by atoms with Gasteiger partial charge in [-0.15, -0.1) is 0 Å². The second-order valence-electron chi connectivity index (χ2n) is 9.52. The van der Waals surface area contributed by atoms with Gasteiger partial charge in [-0.1, -0.05) is 24.3 Å². The molecule has 1 aliphatic rings. The zero-order valence-electron chi connectivity index (χ0n) is 20.8. The van der Waals surface area contributed by atoms with Gasteiger partial charge in [0.25, 0.3) is 0 Å². The largest absolute Gasteiger partial charge is 0.501 e. The number of amides is 1. The van der Waals surface area contributed by atoms with E-state index in [4.69, 9.17) is 9.47 Å². The number of hydrogen-bond acceptors (Lipinski definition) is 4. The summed E-state index contributed by atoms with van der Waals surface area (Å²) in [5.74, 6) is 0.778. The van der Waals surface area contributed by atoms with E-state index in [1.807, 2.05) is 32.9 Å². The first kappa shape index (κ1) is 26.4. The molecule has 0 atom stereocenters. The van der Waals surface area contributed by atoms with Crippen LogP contribution in [0.1, 0.15) is 51.3 Å². The minimum absolute atomic E-state index is 0.369. The SMILES string of the molecule is COC1=CC=C(n2nc(C(F)(F)F)cc2-c2ccc(CCCN(C)C(=O)OC(C)(C)C)cc2)CC1. The molecule has 0 saturated carbocycles. The van der Waals surface area contributed by atoms with Crippen LogP contribution >= 0.6 is 0 Å². The minimum Gasteiger partial charge on any atom is -0.501 e. The van der Waals surface area contributed by atoms with Gasteiger partial charge in [0.15, 0.2) is 5.69 Å². The second kappa shape index (κ2) is 10.6. The van der Waals surface area contributed by atoms with Crippen LogP contribution in [-0.4, -0.2) is 47.1 Å². The van der Waals surface area contributed by atoms with E-state index in [1.165, 1.54) is 9.58 Å². The van der Waals surface area contributed by atoms with Crippen molar-refractivity contribution >= 4 is 11.8 Å². The predicted molar refractivity (Wildman–Crippen MR) is 128 cm³/mol. The maximum atomic E-state index is 13.4. The molecular formula is C26H32F3N3O3. The minimum atomic E-state index is -4.54. The van der Waals surface area contributed by atoms with Crippen molar-refractivity contribution in [2.45, 2.75) is 58.2 Å². The summed E-state index contributed by atoms with van der Waals surface area (Å²) in [6.07, 6.45) is 1.16. The molecule has 35 heavy (non-hydrogen) atoms. The Balaban J connectivity index is 1.73. The quantitative estimate of drug-likeness (QED) is 0.442. The van der Waals surface area contributed by atoms with Gasteiger partial charge in [0.1, 0.15) is 5.60 Å². The predicted octanol–water partition coefficient (Wildman–Crippen LogP) is 6.53. The van der Waals surface area contributed by atoms with Gasteiger partial charge in [-0.25, -0.2) is 9.48 Å². The van der Waals surface area contributed by atoms with Crippen LogP contribution < -0.4 is 0 Å². The average molecular weight is 492 g/mol. The van der Waals surface area contributed by atoms with Crippen LogP contribution in [0.5, 0.6) is 0 Å². The topological polar surface area (TPSA) is 56.6 Å². The van der Waals surface area contributed by atoms with Crippen LogP contribution in [0.4, 0.5) is 18.0 Å². The Bertz CT molecular complexity index is 1090. The maximum absolute atomic E-state index is 13.4. The van der Waals surface area contributed by atoms with Crippen molar-refractivity contribution in [2.75, 3.05) is 20.7 Å². The summed E-state index contributed by atoms with van der Waals surface area (Å²) in [7, 11) is 3.27. The molecule has 6 nitrogen and oxygen atoms in total. The number of alkyl halides is 3. The molecule has 190 valence electrons. The molecule has 9 heteroatoms. The summed E-state index contributed by atoms with van der Waals surface area (Å²) in [6.45, 7) is 6.00. The first-order valence-corrected chi connectivity index (χ1v) is 11.5. The number of nitrogens with zero attached hydrogens (tertiary/aromatic N) is 3. The zero-order chi connectivity index (χ0) is 25.8. The average Bonchev–Trinajstić information content (AvgIpc) is 3.24. The molecule has 0 aliphatic heterocycles. The number of carbonyl (C=O) groups excluding carboxylic acids is 1. The number of halogens is 3. The van der Waals surface area contributed by atoms with Crippen molar-refractivity contribution in [1.29, 1.82) is 0 Å². The monoisotopic (exact) mass is 491 g/mol. The Labute approximate surface area is 204 Å². The van der Waals surface area contributed by atoms with E-state index in [-0.39, 0.29) is 6.09 Å². The fourth-order valence-electron chi connectivity index (χ4n) is 3.69. The van der Waals surface area contributed by atoms with Crippen molar-refractivity contribution in [1.82, 2.24) is 14.7 Å². The van der Waals surface area contributed by atoms with Gasteiger partial charge in [0, 0.05) is 31.3 Å². The molecule has 1 amide bonds. The van der Waals surface area contributed by atoms with E-state index in [0.717, 1.165) is 30.2 Å². The molecule has 1 heterocycles. The molecule has 0 saturated heterocycles. The standard InChI is InChI=1S/C26H32F3N3O3/c1-25(2,3)35-24(33)31(4)16-6-7-18-8-10-19(11-9-18)22-17-23(26(27,28)29)30-32(22)20-12-14-21(34-5)15-13-20/h8-12,14,17H,6-7,13,15-16H2,1-5H3. The molecule has 0 fully saturated rings. The van der Waals surface area contributed by atoms with Gasteiger partial charge < -0.3 is 14.4 Å². The summed E-state index contributed by atoms with van der Waals surface area (Å²) >= 11 is 0. The smallest absolute Gasteiger partial charge is 0.435 e. The summed E-state index contributed by atoms with van der Waals surface area (Å²) < 4.78 is 52.2. The number of aryl methyl sites for hydroxylation is 1. The van der Waals surface area contributed by atoms with Gasteiger partial charge >= 0.3 is 12.3 Å². The number of hydrogen-bond donors (Lipinski definition) is 0. The third kappa shape index (κ3) is 7.13. The van der Waals surface area contributed by atoms with Gasteiger partial charge in [0.05, 0.1) is 18.6 Å². The number of carbonyl (C=O) groups is 1. The number of benzene rings is 1. The van der Waals surface area contributed by atoms with Crippen molar-refractivity contribution in [3.63, 3.8) is 0 Å². The Morgan fingerprint density at radius 1 is 1.11 bits per heavy atom. The van der Waals surface area contributed by atoms with Crippen LogP contribution in [0, 0.1) is 0 Å². The van der Waals surface area contributed by atoms with E-state index in [0.29, 0.717) is 36.3 Å². The third-order valence-electron chi connectivity index (χ3n) is 5.54. The highest BCUT2D eigenvalue weighted by atomic mass is 19.4. The molecular weight excluding hydrogens is 459 g/mol. The third-order valence-corrected chi connectivity index (χ3v) is 5.54. The van der Waals surface area contributed by atoms with E-state index in [2.05, 4.69) is 5.10 Å². The van der Waals surface area contributed by atoms with E-state index < -0.39 is 17.5 Å². The number of rotatable bonds is 7. The molecule has 0 N–H and O–H groups in total. The Hall–Kier alpha value is -3.23. The summed E-state index contributed by atoms with van der Waals surface area (Å²) in [6, 6.07) is 8.49. The van der Waals surface area contributed by atoms with E-state index in [9.17, 15) is 18.0 Å². The lowest BCUT2D eigenvalue weighted by molar-refractivity contribution is -0.141. The Kier molecular flexibility index (Phi) is 7.97. The van der Waals surface area contributed by atoms with Gasteiger partial charge in [-0.05, 0) is 63.8 Å². The van der Waals surface area contributed by atoms with Crippen molar-refractivity contribution in [2.24, 2.45) is 0 Å². The maximum Gasteiger partial charge on any atom is 0.435 e. The lowest BCUT2D eigenvalue weighted by Crippen LogP contribution is -2.34. The van der Waals surface area contributed by atoms with E-state index >= 15 is 0 Å². The van der Waals surface area contributed by atoms with Crippen molar-refractivity contribution in [3.8, 4) is 11.3 Å². The van der Waals surface area contributed by atoms with Crippen LogP contribution in [0.25, 0.3) is 17.0 Å². The second-order valence-corrected chi connectivity index (χ2v) is 9.52. The molecule has 0 unspecified atom stereocenters. The number of aromatic nitrogens is 2. The van der Waals surface area contributed by atoms with Crippen LogP contribution in [0.3, 0.4) is 0 Å². The highest BCUT2D eigenvalue weighted by Gasteiger charge is 2.35. The molecule has 0 spiro atoms. The highest BCUT2D eigenvalue weighted by molar-refractivity contribution is 5.68. The van der Waals surface area contributed by atoms with Crippen LogP contribution in [0.15, 0.2) is 48.2 Å². The van der Waals surface area contributed by atoms with Crippen LogP contribution in [0.2, 0.25) is 0 Å². The number of ether oxygens (including phenoxy) is 2. The molecule has 2 aromatic rings. The molecule has 1 aliphatic carbocycles. The Morgan fingerprint density at radius 2 is 1.80 bits per heavy atom. The molecule has 0 radical (unpaired) electrons. The fourth-order valence-corrected chi connectivity index (χ4v) is 3.69. The summed E-state index contributed by atoms with van der Waals surface area (Å²) in [5.41, 5.74) is 1.25. The molecule has 3 rings (SSSR count). The van der Waals surface area contributed by atoms with Gasteiger partial charge in [-0.2, -0.15) is 18.3 Å². The van der Waals surface area contributed by atoms with Crippen molar-refractivity contribution < 1.29 is 27.4 Å². The van der Waals surface area contributed by atoms with Crippen LogP contribution in [-0.2, 0) is 22.1 Å². The number of methoxy groups -OCH3 is 1. The Morgan fingerprint density at radius 3 is 2.34 bits per heavy atom.